The van der Waals surface area contributed by atoms with Crippen LogP contribution in [0, 0.1) is 10.1 Å². The molecule has 2 aromatic rings. The SMILES string of the molecule is CC(C)(C)[Si](C)(C)OC[C@H]1OCCN(Cc2ccccc2)[C@@H]1c1ccc([N+](=O)[O-])cc1. The van der Waals surface area contributed by atoms with E-state index < -0.39 is 8.32 Å². The Morgan fingerprint density at radius 1 is 1.13 bits per heavy atom. The van der Waals surface area contributed by atoms with Crippen LogP contribution in [0.1, 0.15) is 37.9 Å². The van der Waals surface area contributed by atoms with E-state index in [-0.39, 0.29) is 27.8 Å². The molecular weight excluding hydrogens is 408 g/mol. The van der Waals surface area contributed by atoms with Crippen LogP contribution in [-0.2, 0) is 15.7 Å². The van der Waals surface area contributed by atoms with Crippen molar-refractivity contribution in [2.75, 3.05) is 19.8 Å². The summed E-state index contributed by atoms with van der Waals surface area (Å²) >= 11 is 0. The van der Waals surface area contributed by atoms with E-state index in [1.54, 1.807) is 12.1 Å². The molecule has 0 amide bonds. The number of ether oxygens (including phenoxy) is 1. The van der Waals surface area contributed by atoms with E-state index in [9.17, 15) is 10.1 Å². The Labute approximate surface area is 186 Å². The monoisotopic (exact) mass is 442 g/mol. The lowest BCUT2D eigenvalue weighted by atomic mass is 9.97. The topological polar surface area (TPSA) is 64.8 Å². The number of hydrogen-bond donors (Lipinski definition) is 0. The fourth-order valence-corrected chi connectivity index (χ4v) is 4.66. The number of non-ortho nitro benzene ring substituents is 1. The largest absolute Gasteiger partial charge is 0.414 e. The van der Waals surface area contributed by atoms with E-state index in [0.717, 1.165) is 18.7 Å². The highest BCUT2D eigenvalue weighted by Crippen LogP contribution is 2.38. The Hall–Kier alpha value is -2.06. The maximum Gasteiger partial charge on any atom is 0.269 e. The van der Waals surface area contributed by atoms with Gasteiger partial charge in [-0.05, 0) is 29.3 Å². The van der Waals surface area contributed by atoms with E-state index in [1.807, 2.05) is 18.2 Å². The summed E-state index contributed by atoms with van der Waals surface area (Å²) in [6.07, 6.45) is -0.131. The highest BCUT2D eigenvalue weighted by Gasteiger charge is 2.40. The predicted octanol–water partition coefficient (Wildman–Crippen LogP) is 5.56. The van der Waals surface area contributed by atoms with Crippen LogP contribution in [0.5, 0.6) is 0 Å². The first-order chi connectivity index (χ1) is 14.6. The fourth-order valence-electron chi connectivity index (χ4n) is 3.65. The molecule has 0 bridgehead atoms. The van der Waals surface area contributed by atoms with Gasteiger partial charge in [-0.1, -0.05) is 63.2 Å². The van der Waals surface area contributed by atoms with Crippen molar-refractivity contribution in [2.45, 2.75) is 57.6 Å². The van der Waals surface area contributed by atoms with Crippen molar-refractivity contribution in [3.05, 3.63) is 75.8 Å². The van der Waals surface area contributed by atoms with Gasteiger partial charge in [-0.3, -0.25) is 15.0 Å². The molecule has 0 aliphatic carbocycles. The second-order valence-corrected chi connectivity index (χ2v) is 14.5. The Kier molecular flexibility index (Phi) is 7.31. The van der Waals surface area contributed by atoms with Crippen LogP contribution in [0.2, 0.25) is 18.1 Å². The summed E-state index contributed by atoms with van der Waals surface area (Å²) in [6.45, 7) is 13.9. The third-order valence-electron chi connectivity index (χ3n) is 6.54. The van der Waals surface area contributed by atoms with Crippen molar-refractivity contribution in [2.24, 2.45) is 0 Å². The number of morpholine rings is 1. The molecule has 1 fully saturated rings. The second-order valence-electron chi connectivity index (χ2n) is 9.73. The smallest absolute Gasteiger partial charge is 0.269 e. The average molecular weight is 443 g/mol. The normalized spacial score (nSPS) is 20.5. The first-order valence-corrected chi connectivity index (χ1v) is 13.8. The maximum atomic E-state index is 11.1. The fraction of sp³-hybridized carbons (Fsp3) is 0.500. The van der Waals surface area contributed by atoms with Gasteiger partial charge in [0.1, 0.15) is 0 Å². The quantitative estimate of drug-likeness (QED) is 0.319. The van der Waals surface area contributed by atoms with Crippen LogP contribution in [0.25, 0.3) is 0 Å². The summed E-state index contributed by atoms with van der Waals surface area (Å²) < 4.78 is 12.7. The summed E-state index contributed by atoms with van der Waals surface area (Å²) in [4.78, 5) is 13.2. The van der Waals surface area contributed by atoms with Gasteiger partial charge in [-0.15, -0.1) is 0 Å². The van der Waals surface area contributed by atoms with Crippen molar-refractivity contribution in [1.29, 1.82) is 0 Å². The summed E-state index contributed by atoms with van der Waals surface area (Å²) in [7, 11) is -1.93. The number of nitro groups is 1. The molecular formula is C24H34N2O4Si. The summed E-state index contributed by atoms with van der Waals surface area (Å²) in [5, 5.41) is 11.2. The lowest BCUT2D eigenvalue weighted by Gasteiger charge is -2.44. The van der Waals surface area contributed by atoms with E-state index in [1.165, 1.54) is 5.56 Å². The van der Waals surface area contributed by atoms with Crippen LogP contribution in [0.3, 0.4) is 0 Å². The van der Waals surface area contributed by atoms with Crippen LogP contribution >= 0.6 is 0 Å². The minimum Gasteiger partial charge on any atom is -0.414 e. The number of nitro benzene ring substituents is 1. The lowest BCUT2D eigenvalue weighted by molar-refractivity contribution is -0.384. The minimum absolute atomic E-state index is 0.0282. The molecule has 0 saturated carbocycles. The molecule has 0 N–H and O–H groups in total. The lowest BCUT2D eigenvalue weighted by Crippen LogP contribution is -2.49. The Bertz CT molecular complexity index is 865. The summed E-state index contributed by atoms with van der Waals surface area (Å²) in [5.41, 5.74) is 2.36. The zero-order valence-electron chi connectivity index (χ0n) is 19.2. The van der Waals surface area contributed by atoms with Gasteiger partial charge in [0.2, 0.25) is 0 Å². The maximum absolute atomic E-state index is 11.1. The molecule has 1 heterocycles. The molecule has 0 spiro atoms. The van der Waals surface area contributed by atoms with E-state index >= 15 is 0 Å². The predicted molar refractivity (Wildman–Crippen MR) is 126 cm³/mol. The van der Waals surface area contributed by atoms with Crippen molar-refractivity contribution in [3.8, 4) is 0 Å². The van der Waals surface area contributed by atoms with Gasteiger partial charge in [0.25, 0.3) is 5.69 Å². The number of rotatable bonds is 7. The molecule has 2 aromatic carbocycles. The second kappa shape index (κ2) is 9.61. The van der Waals surface area contributed by atoms with Gasteiger partial charge < -0.3 is 9.16 Å². The highest BCUT2D eigenvalue weighted by molar-refractivity contribution is 6.74. The standard InChI is InChI=1S/C24H34N2O4Si/c1-24(2,3)31(4,5)30-18-22-23(20-11-13-21(14-12-20)26(27)28)25(15-16-29-22)17-19-9-7-6-8-10-19/h6-14,22-23H,15-18H2,1-5H3/t22-,23-/m1/s1. The van der Waals surface area contributed by atoms with Crippen molar-refractivity contribution < 1.29 is 14.1 Å². The molecule has 0 radical (unpaired) electrons. The molecule has 0 aromatic heterocycles. The molecule has 0 unspecified atom stereocenters. The molecule has 1 aliphatic rings. The van der Waals surface area contributed by atoms with Crippen molar-refractivity contribution >= 4 is 14.0 Å². The van der Waals surface area contributed by atoms with E-state index in [4.69, 9.17) is 9.16 Å². The van der Waals surface area contributed by atoms with Gasteiger partial charge in [-0.2, -0.15) is 0 Å². The van der Waals surface area contributed by atoms with Crippen LogP contribution < -0.4 is 0 Å². The van der Waals surface area contributed by atoms with Gasteiger partial charge >= 0.3 is 0 Å². The minimum atomic E-state index is -1.93. The van der Waals surface area contributed by atoms with E-state index in [2.05, 4.69) is 63.0 Å². The van der Waals surface area contributed by atoms with Gasteiger partial charge in [0, 0.05) is 25.2 Å². The van der Waals surface area contributed by atoms with Crippen LogP contribution in [0.15, 0.2) is 54.6 Å². The highest BCUT2D eigenvalue weighted by atomic mass is 28.4. The third-order valence-corrected chi connectivity index (χ3v) is 11.0. The number of nitrogens with zero attached hydrogens (tertiary/aromatic N) is 2. The molecule has 2 atom stereocenters. The molecule has 1 saturated heterocycles. The zero-order chi connectivity index (χ0) is 22.6. The summed E-state index contributed by atoms with van der Waals surface area (Å²) in [5.74, 6) is 0. The zero-order valence-corrected chi connectivity index (χ0v) is 20.2. The molecule has 31 heavy (non-hydrogen) atoms. The Morgan fingerprint density at radius 3 is 2.35 bits per heavy atom. The van der Waals surface area contributed by atoms with Gasteiger partial charge in [0.15, 0.2) is 8.32 Å². The molecule has 3 rings (SSSR count). The third kappa shape index (κ3) is 5.80. The Balaban J connectivity index is 1.87. The summed E-state index contributed by atoms with van der Waals surface area (Å²) in [6, 6.07) is 17.2. The molecule has 1 aliphatic heterocycles. The first kappa shape index (κ1) is 23.6. The van der Waals surface area contributed by atoms with E-state index in [0.29, 0.717) is 13.2 Å². The van der Waals surface area contributed by atoms with Crippen LogP contribution in [-0.4, -0.2) is 44.0 Å². The molecule has 168 valence electrons. The van der Waals surface area contributed by atoms with Crippen molar-refractivity contribution in [1.82, 2.24) is 4.90 Å². The van der Waals surface area contributed by atoms with Crippen molar-refractivity contribution in [3.63, 3.8) is 0 Å². The average Bonchev–Trinajstić information content (AvgIpc) is 2.72. The number of hydrogen-bond acceptors (Lipinski definition) is 5. The molecule has 6 nitrogen and oxygen atoms in total. The van der Waals surface area contributed by atoms with Crippen LogP contribution in [0.4, 0.5) is 5.69 Å². The first-order valence-electron chi connectivity index (χ1n) is 10.9. The Morgan fingerprint density at radius 2 is 1.77 bits per heavy atom. The van der Waals surface area contributed by atoms with Gasteiger partial charge in [-0.25, -0.2) is 0 Å². The van der Waals surface area contributed by atoms with Gasteiger partial charge in [0.05, 0.1) is 30.3 Å². The molecule has 7 heteroatoms. The number of benzene rings is 2.